The number of methoxy groups -OCH3 is 2. The minimum atomic E-state index is -0.239. The first-order chi connectivity index (χ1) is 10.7. The Labute approximate surface area is 128 Å². The van der Waals surface area contributed by atoms with E-state index in [1.54, 1.807) is 55.4 Å². The molecule has 2 heterocycles. The van der Waals surface area contributed by atoms with Gasteiger partial charge in [0.1, 0.15) is 11.5 Å². The SMILES string of the molecule is CC.COc1ccc(-n2c(=O)[nH]c3cnccc32)c(OC)c1. The molecule has 0 bridgehead atoms. The number of fused-ring (bicyclic) bond motifs is 1. The van der Waals surface area contributed by atoms with Crippen LogP contribution in [0.5, 0.6) is 11.5 Å². The van der Waals surface area contributed by atoms with Crippen LogP contribution in [-0.2, 0) is 0 Å². The van der Waals surface area contributed by atoms with Gasteiger partial charge in [0.15, 0.2) is 0 Å². The molecule has 0 spiro atoms. The summed E-state index contributed by atoms with van der Waals surface area (Å²) < 4.78 is 12.1. The number of pyridine rings is 1. The van der Waals surface area contributed by atoms with Crippen LogP contribution in [0.4, 0.5) is 0 Å². The van der Waals surface area contributed by atoms with E-state index >= 15 is 0 Å². The Kier molecular flexibility index (Phi) is 4.83. The maximum Gasteiger partial charge on any atom is 0.331 e. The van der Waals surface area contributed by atoms with Gasteiger partial charge in [-0.2, -0.15) is 0 Å². The van der Waals surface area contributed by atoms with E-state index in [1.165, 1.54) is 0 Å². The highest BCUT2D eigenvalue weighted by atomic mass is 16.5. The van der Waals surface area contributed by atoms with Gasteiger partial charge in [-0.25, -0.2) is 4.79 Å². The van der Waals surface area contributed by atoms with E-state index in [4.69, 9.17) is 9.47 Å². The number of nitrogens with one attached hydrogen (secondary N) is 1. The first-order valence-electron chi connectivity index (χ1n) is 7.01. The van der Waals surface area contributed by atoms with E-state index < -0.39 is 0 Å². The molecule has 6 nitrogen and oxygen atoms in total. The normalized spacial score (nSPS) is 10.0. The van der Waals surface area contributed by atoms with Crippen LogP contribution in [0.15, 0.2) is 41.5 Å². The van der Waals surface area contributed by atoms with Crippen molar-refractivity contribution in [1.82, 2.24) is 14.5 Å². The molecule has 0 saturated heterocycles. The fourth-order valence-corrected chi connectivity index (χ4v) is 2.17. The quantitative estimate of drug-likeness (QED) is 0.807. The Hall–Kier alpha value is -2.76. The molecule has 0 atom stereocenters. The Balaban J connectivity index is 0.000000847. The number of nitrogens with zero attached hydrogens (tertiary/aromatic N) is 2. The Bertz CT molecular complexity index is 821. The monoisotopic (exact) mass is 301 g/mol. The predicted octanol–water partition coefficient (Wildman–Crippen LogP) is 2.76. The molecule has 2 aromatic heterocycles. The highest BCUT2D eigenvalue weighted by molar-refractivity contribution is 5.77. The van der Waals surface area contributed by atoms with Crippen molar-refractivity contribution in [2.24, 2.45) is 0 Å². The summed E-state index contributed by atoms with van der Waals surface area (Å²) in [6.45, 7) is 4.00. The lowest BCUT2D eigenvalue weighted by atomic mass is 10.2. The zero-order valence-corrected chi connectivity index (χ0v) is 13.1. The van der Waals surface area contributed by atoms with Gasteiger partial charge in [0, 0.05) is 12.3 Å². The standard InChI is InChI=1S/C14H13N3O3.C2H6/c1-19-9-3-4-12(13(7-9)20-2)17-11-5-6-15-8-10(11)16-14(17)18;1-2/h3-8H,1-2H3,(H,16,18);1-2H3. The summed E-state index contributed by atoms with van der Waals surface area (Å²) in [6.07, 6.45) is 3.26. The number of hydrogen-bond acceptors (Lipinski definition) is 4. The van der Waals surface area contributed by atoms with Gasteiger partial charge in [-0.15, -0.1) is 0 Å². The molecule has 3 rings (SSSR count). The molecular formula is C16H19N3O3. The fourth-order valence-electron chi connectivity index (χ4n) is 2.17. The summed E-state index contributed by atoms with van der Waals surface area (Å²) in [5.74, 6) is 1.23. The maximum absolute atomic E-state index is 12.2. The molecule has 0 unspecified atom stereocenters. The van der Waals surface area contributed by atoms with Gasteiger partial charge in [0.2, 0.25) is 0 Å². The van der Waals surface area contributed by atoms with Crippen molar-refractivity contribution in [2.45, 2.75) is 13.8 Å². The van der Waals surface area contributed by atoms with Crippen molar-refractivity contribution in [3.05, 3.63) is 47.1 Å². The van der Waals surface area contributed by atoms with Crippen molar-refractivity contribution in [3.8, 4) is 17.2 Å². The topological polar surface area (TPSA) is 69.1 Å². The van der Waals surface area contributed by atoms with Gasteiger partial charge in [-0.3, -0.25) is 9.55 Å². The van der Waals surface area contributed by atoms with Crippen LogP contribution in [0, 0.1) is 0 Å². The first kappa shape index (κ1) is 15.6. The van der Waals surface area contributed by atoms with Crippen molar-refractivity contribution >= 4 is 11.0 Å². The minimum Gasteiger partial charge on any atom is -0.497 e. The molecule has 0 aliphatic carbocycles. The number of rotatable bonds is 3. The molecule has 0 aliphatic heterocycles. The molecule has 1 aromatic carbocycles. The van der Waals surface area contributed by atoms with E-state index in [0.717, 1.165) is 5.52 Å². The molecular weight excluding hydrogens is 282 g/mol. The molecule has 22 heavy (non-hydrogen) atoms. The Morgan fingerprint density at radius 2 is 1.91 bits per heavy atom. The maximum atomic E-state index is 12.2. The highest BCUT2D eigenvalue weighted by Gasteiger charge is 2.13. The number of aromatic nitrogens is 3. The van der Waals surface area contributed by atoms with Gasteiger partial charge in [0.25, 0.3) is 0 Å². The lowest BCUT2D eigenvalue weighted by Crippen LogP contribution is -2.15. The number of H-pyrrole nitrogens is 1. The summed E-state index contributed by atoms with van der Waals surface area (Å²) in [5.41, 5.74) is 1.83. The zero-order valence-electron chi connectivity index (χ0n) is 13.1. The van der Waals surface area contributed by atoms with Gasteiger partial charge in [-0.1, -0.05) is 13.8 Å². The predicted molar refractivity (Wildman–Crippen MR) is 86.1 cm³/mol. The molecule has 116 valence electrons. The summed E-state index contributed by atoms with van der Waals surface area (Å²) in [5, 5.41) is 0. The van der Waals surface area contributed by atoms with Crippen molar-refractivity contribution in [3.63, 3.8) is 0 Å². The molecule has 0 radical (unpaired) electrons. The lowest BCUT2D eigenvalue weighted by Gasteiger charge is -2.11. The molecule has 1 N–H and O–H groups in total. The van der Waals surface area contributed by atoms with Crippen LogP contribution in [0.2, 0.25) is 0 Å². The van der Waals surface area contributed by atoms with Crippen LogP contribution >= 0.6 is 0 Å². The molecule has 0 amide bonds. The number of hydrogen-bond donors (Lipinski definition) is 1. The zero-order chi connectivity index (χ0) is 16.1. The summed E-state index contributed by atoms with van der Waals surface area (Å²) in [6, 6.07) is 7.08. The molecule has 0 fully saturated rings. The summed E-state index contributed by atoms with van der Waals surface area (Å²) >= 11 is 0. The minimum absolute atomic E-state index is 0.239. The smallest absolute Gasteiger partial charge is 0.331 e. The second kappa shape index (κ2) is 6.80. The van der Waals surface area contributed by atoms with Crippen LogP contribution < -0.4 is 15.2 Å². The lowest BCUT2D eigenvalue weighted by molar-refractivity contribution is 0.393. The van der Waals surface area contributed by atoms with Crippen LogP contribution in [0.1, 0.15) is 13.8 Å². The molecule has 0 saturated carbocycles. The number of ether oxygens (including phenoxy) is 2. The van der Waals surface area contributed by atoms with Gasteiger partial charge >= 0.3 is 5.69 Å². The van der Waals surface area contributed by atoms with Crippen molar-refractivity contribution in [1.29, 1.82) is 0 Å². The number of aromatic amines is 1. The third kappa shape index (κ3) is 2.67. The molecule has 3 aromatic rings. The van der Waals surface area contributed by atoms with Crippen molar-refractivity contribution < 1.29 is 9.47 Å². The number of imidazole rings is 1. The summed E-state index contributed by atoms with van der Waals surface area (Å²) in [7, 11) is 3.14. The average molecular weight is 301 g/mol. The van der Waals surface area contributed by atoms with Gasteiger partial charge < -0.3 is 14.5 Å². The second-order valence-corrected chi connectivity index (χ2v) is 4.20. The highest BCUT2D eigenvalue weighted by Crippen LogP contribution is 2.28. The van der Waals surface area contributed by atoms with Crippen molar-refractivity contribution in [2.75, 3.05) is 14.2 Å². The second-order valence-electron chi connectivity index (χ2n) is 4.20. The van der Waals surface area contributed by atoms with Crippen LogP contribution in [0.3, 0.4) is 0 Å². The number of benzene rings is 1. The molecule has 6 heteroatoms. The van der Waals surface area contributed by atoms with E-state index in [-0.39, 0.29) is 5.69 Å². The Morgan fingerprint density at radius 3 is 2.59 bits per heavy atom. The first-order valence-corrected chi connectivity index (χ1v) is 7.01. The Morgan fingerprint density at radius 1 is 1.14 bits per heavy atom. The van der Waals surface area contributed by atoms with Gasteiger partial charge in [-0.05, 0) is 18.2 Å². The summed E-state index contributed by atoms with van der Waals surface area (Å²) in [4.78, 5) is 18.9. The third-order valence-corrected chi connectivity index (χ3v) is 3.11. The third-order valence-electron chi connectivity index (χ3n) is 3.11. The average Bonchev–Trinajstić information content (AvgIpc) is 2.91. The fraction of sp³-hybridized carbons (Fsp3) is 0.250. The van der Waals surface area contributed by atoms with E-state index in [2.05, 4.69) is 9.97 Å². The molecule has 0 aliphatic rings. The van der Waals surface area contributed by atoms with E-state index in [1.807, 2.05) is 13.8 Å². The van der Waals surface area contributed by atoms with Crippen LogP contribution in [-0.4, -0.2) is 28.8 Å². The van der Waals surface area contributed by atoms with Gasteiger partial charge in [0.05, 0.1) is 37.1 Å². The van der Waals surface area contributed by atoms with E-state index in [9.17, 15) is 4.79 Å². The van der Waals surface area contributed by atoms with E-state index in [0.29, 0.717) is 22.7 Å². The largest absolute Gasteiger partial charge is 0.497 e. The van der Waals surface area contributed by atoms with Crippen LogP contribution in [0.25, 0.3) is 16.7 Å².